The van der Waals surface area contributed by atoms with E-state index >= 15 is 0 Å². The highest BCUT2D eigenvalue weighted by Gasteiger charge is 2.31. The molecule has 1 unspecified atom stereocenters. The molecule has 1 saturated carbocycles. The summed E-state index contributed by atoms with van der Waals surface area (Å²) in [5.74, 6) is 1.03. The fourth-order valence-corrected chi connectivity index (χ4v) is 3.49. The third-order valence-corrected chi connectivity index (χ3v) is 5.40. The van der Waals surface area contributed by atoms with Crippen LogP contribution in [-0.4, -0.2) is 17.3 Å². The second-order valence-corrected chi connectivity index (χ2v) is 7.73. The Morgan fingerprint density at radius 1 is 1.33 bits per heavy atom. The predicted molar refractivity (Wildman–Crippen MR) is 91.2 cm³/mol. The summed E-state index contributed by atoms with van der Waals surface area (Å²) in [5, 5.41) is 13.9. The van der Waals surface area contributed by atoms with Gasteiger partial charge in [0.2, 0.25) is 0 Å². The third kappa shape index (κ3) is 5.71. The standard InChI is InChI=1S/C16H20Cl2N2S/c1-16(11-19,20-12-4-5-12)8-2-3-9-21-13-6-7-14(17)15(18)10-13/h6-7,10,12,20H,2-5,8-9H2,1H3. The van der Waals surface area contributed by atoms with Crippen LogP contribution < -0.4 is 5.32 Å². The molecule has 0 bridgehead atoms. The van der Waals surface area contributed by atoms with Crippen molar-refractivity contribution in [1.82, 2.24) is 5.32 Å². The summed E-state index contributed by atoms with van der Waals surface area (Å²) in [6.07, 6.45) is 5.48. The van der Waals surface area contributed by atoms with E-state index in [0.29, 0.717) is 16.1 Å². The zero-order valence-electron chi connectivity index (χ0n) is 12.2. The van der Waals surface area contributed by atoms with E-state index in [0.717, 1.165) is 29.9 Å². The Bertz CT molecular complexity index is 525. The van der Waals surface area contributed by atoms with Crippen LogP contribution in [0.3, 0.4) is 0 Å². The molecule has 114 valence electrons. The van der Waals surface area contributed by atoms with Gasteiger partial charge in [-0.25, -0.2) is 0 Å². The van der Waals surface area contributed by atoms with Gasteiger partial charge in [-0.05, 0) is 63.0 Å². The number of nitrogens with one attached hydrogen (secondary N) is 1. The molecule has 0 saturated heterocycles. The van der Waals surface area contributed by atoms with Crippen molar-refractivity contribution in [1.29, 1.82) is 5.26 Å². The average molecular weight is 343 g/mol. The molecule has 1 aromatic carbocycles. The van der Waals surface area contributed by atoms with Gasteiger partial charge < -0.3 is 0 Å². The van der Waals surface area contributed by atoms with E-state index in [-0.39, 0.29) is 5.54 Å². The van der Waals surface area contributed by atoms with E-state index in [2.05, 4.69) is 11.4 Å². The van der Waals surface area contributed by atoms with Crippen LogP contribution in [0, 0.1) is 11.3 Å². The van der Waals surface area contributed by atoms with Gasteiger partial charge in [0.25, 0.3) is 0 Å². The number of thioether (sulfide) groups is 1. The molecule has 1 atom stereocenters. The maximum atomic E-state index is 9.31. The van der Waals surface area contributed by atoms with E-state index in [1.807, 2.05) is 25.1 Å². The highest BCUT2D eigenvalue weighted by molar-refractivity contribution is 7.99. The zero-order chi connectivity index (χ0) is 15.3. The summed E-state index contributed by atoms with van der Waals surface area (Å²) in [5.41, 5.74) is -0.366. The Morgan fingerprint density at radius 2 is 2.10 bits per heavy atom. The summed E-state index contributed by atoms with van der Waals surface area (Å²) < 4.78 is 0. The lowest BCUT2D eigenvalue weighted by Crippen LogP contribution is -2.42. The first-order valence-electron chi connectivity index (χ1n) is 7.29. The number of rotatable bonds is 8. The van der Waals surface area contributed by atoms with Crippen molar-refractivity contribution < 1.29 is 0 Å². The number of nitriles is 1. The smallest absolute Gasteiger partial charge is 0.104 e. The molecule has 1 fully saturated rings. The number of halogens is 2. The van der Waals surface area contributed by atoms with Crippen LogP contribution in [0.5, 0.6) is 0 Å². The number of hydrogen-bond donors (Lipinski definition) is 1. The van der Waals surface area contributed by atoms with Gasteiger partial charge in [0, 0.05) is 10.9 Å². The highest BCUT2D eigenvalue weighted by atomic mass is 35.5. The van der Waals surface area contributed by atoms with Crippen LogP contribution in [0.2, 0.25) is 10.0 Å². The lowest BCUT2D eigenvalue weighted by Gasteiger charge is -2.23. The van der Waals surface area contributed by atoms with Crippen molar-refractivity contribution in [2.45, 2.75) is 55.5 Å². The molecule has 1 N–H and O–H groups in total. The van der Waals surface area contributed by atoms with Gasteiger partial charge in [0.15, 0.2) is 0 Å². The van der Waals surface area contributed by atoms with Gasteiger partial charge in [0.05, 0.1) is 16.1 Å². The molecular formula is C16H20Cl2N2S. The molecule has 2 rings (SSSR count). The molecule has 21 heavy (non-hydrogen) atoms. The maximum Gasteiger partial charge on any atom is 0.104 e. The minimum absolute atomic E-state index is 0.366. The Hall–Kier alpha value is -0.400. The van der Waals surface area contributed by atoms with Crippen molar-refractivity contribution in [3.05, 3.63) is 28.2 Å². The maximum absolute atomic E-state index is 9.31. The summed E-state index contributed by atoms with van der Waals surface area (Å²) in [6.45, 7) is 2.01. The fourth-order valence-electron chi connectivity index (χ4n) is 2.18. The first-order valence-corrected chi connectivity index (χ1v) is 9.03. The summed E-state index contributed by atoms with van der Waals surface area (Å²) in [7, 11) is 0. The Kier molecular flexibility index (Phi) is 6.25. The Morgan fingerprint density at radius 3 is 2.71 bits per heavy atom. The molecule has 0 aromatic heterocycles. The lowest BCUT2D eigenvalue weighted by molar-refractivity contribution is 0.402. The molecule has 5 heteroatoms. The SMILES string of the molecule is CC(C#N)(CCCCSc1ccc(Cl)c(Cl)c1)NC1CC1. The number of nitrogens with zero attached hydrogens (tertiary/aromatic N) is 1. The molecule has 0 aliphatic heterocycles. The number of unbranched alkanes of at least 4 members (excludes halogenated alkanes) is 1. The molecule has 0 radical (unpaired) electrons. The van der Waals surface area contributed by atoms with Crippen LogP contribution in [0.25, 0.3) is 0 Å². The second kappa shape index (κ2) is 7.74. The van der Waals surface area contributed by atoms with Gasteiger partial charge in [-0.15, -0.1) is 11.8 Å². The Labute approximate surface area is 141 Å². The van der Waals surface area contributed by atoms with Crippen molar-refractivity contribution in [3.63, 3.8) is 0 Å². The van der Waals surface area contributed by atoms with Crippen LogP contribution in [0.1, 0.15) is 39.0 Å². The molecular weight excluding hydrogens is 323 g/mol. The van der Waals surface area contributed by atoms with Crippen molar-refractivity contribution in [3.8, 4) is 6.07 Å². The van der Waals surface area contributed by atoms with Gasteiger partial charge in [-0.1, -0.05) is 23.2 Å². The first kappa shape index (κ1) is 17.0. The number of benzene rings is 1. The number of hydrogen-bond acceptors (Lipinski definition) is 3. The lowest BCUT2D eigenvalue weighted by atomic mass is 9.96. The minimum Gasteiger partial charge on any atom is -0.297 e. The highest BCUT2D eigenvalue weighted by Crippen LogP contribution is 2.29. The Balaban J connectivity index is 1.67. The summed E-state index contributed by atoms with van der Waals surface area (Å²) in [4.78, 5) is 1.14. The van der Waals surface area contributed by atoms with Crippen LogP contribution in [0.15, 0.2) is 23.1 Å². The third-order valence-electron chi connectivity index (χ3n) is 3.58. The summed E-state index contributed by atoms with van der Waals surface area (Å²) >= 11 is 13.7. The topological polar surface area (TPSA) is 35.8 Å². The molecule has 1 aromatic rings. The van der Waals surface area contributed by atoms with E-state index in [1.54, 1.807) is 11.8 Å². The second-order valence-electron chi connectivity index (χ2n) is 5.74. The summed E-state index contributed by atoms with van der Waals surface area (Å²) in [6, 6.07) is 8.72. The van der Waals surface area contributed by atoms with Gasteiger partial charge in [0.1, 0.15) is 5.54 Å². The monoisotopic (exact) mass is 342 g/mol. The van der Waals surface area contributed by atoms with Crippen molar-refractivity contribution in [2.75, 3.05) is 5.75 Å². The quantitative estimate of drug-likeness (QED) is 0.515. The molecule has 0 amide bonds. The molecule has 1 aliphatic rings. The van der Waals surface area contributed by atoms with Crippen molar-refractivity contribution >= 4 is 35.0 Å². The predicted octanol–water partition coefficient (Wildman–Crippen LogP) is 5.29. The fraction of sp³-hybridized carbons (Fsp3) is 0.562. The van der Waals surface area contributed by atoms with E-state index in [4.69, 9.17) is 23.2 Å². The normalized spacial score (nSPS) is 17.2. The van der Waals surface area contributed by atoms with Gasteiger partial charge in [-0.3, -0.25) is 5.32 Å². The van der Waals surface area contributed by atoms with Gasteiger partial charge in [-0.2, -0.15) is 5.26 Å². The van der Waals surface area contributed by atoms with Gasteiger partial charge >= 0.3 is 0 Å². The van der Waals surface area contributed by atoms with Crippen LogP contribution >= 0.6 is 35.0 Å². The van der Waals surface area contributed by atoms with Crippen LogP contribution in [-0.2, 0) is 0 Å². The van der Waals surface area contributed by atoms with Crippen molar-refractivity contribution in [2.24, 2.45) is 0 Å². The van der Waals surface area contributed by atoms with E-state index in [1.165, 1.54) is 12.8 Å². The molecule has 0 heterocycles. The zero-order valence-corrected chi connectivity index (χ0v) is 14.5. The largest absolute Gasteiger partial charge is 0.297 e. The van der Waals surface area contributed by atoms with E-state index in [9.17, 15) is 5.26 Å². The minimum atomic E-state index is -0.366. The first-order chi connectivity index (χ1) is 10.0. The molecule has 1 aliphatic carbocycles. The average Bonchev–Trinajstić information content (AvgIpc) is 3.26. The van der Waals surface area contributed by atoms with E-state index < -0.39 is 0 Å². The molecule has 0 spiro atoms. The van der Waals surface area contributed by atoms with Crippen LogP contribution in [0.4, 0.5) is 0 Å². The molecule has 2 nitrogen and oxygen atoms in total.